The Morgan fingerprint density at radius 2 is 2.09 bits per heavy atom. The third kappa shape index (κ3) is 4.97. The van der Waals surface area contributed by atoms with E-state index in [0.29, 0.717) is 44.6 Å². The number of hydrogen-bond acceptors (Lipinski definition) is 6. The van der Waals surface area contributed by atoms with Gasteiger partial charge in [-0.2, -0.15) is 4.98 Å². The summed E-state index contributed by atoms with van der Waals surface area (Å²) >= 11 is 0. The standard InChI is InChI=1S/C14H22N6O3/c1-2-23-11-3-5-17-14(18-11)20-9-7-19(8-10-20)12(21)4-6-16-13(15)22/h3,5H,2,4,6-10H2,1H3,(H3,15,16,22). The fraction of sp³-hybridized carbons (Fsp3) is 0.571. The van der Waals surface area contributed by atoms with Crippen molar-refractivity contribution in [3.05, 3.63) is 12.3 Å². The first-order valence-electron chi connectivity index (χ1n) is 7.62. The third-order valence-electron chi connectivity index (χ3n) is 3.46. The van der Waals surface area contributed by atoms with Gasteiger partial charge in [0.1, 0.15) is 0 Å². The predicted molar refractivity (Wildman–Crippen MR) is 84.2 cm³/mol. The van der Waals surface area contributed by atoms with Crippen LogP contribution >= 0.6 is 0 Å². The highest BCUT2D eigenvalue weighted by Crippen LogP contribution is 2.15. The second kappa shape index (κ2) is 8.16. The zero-order valence-corrected chi connectivity index (χ0v) is 13.2. The van der Waals surface area contributed by atoms with Crippen molar-refractivity contribution in [3.8, 4) is 5.88 Å². The molecule has 1 aliphatic heterocycles. The quantitative estimate of drug-likeness (QED) is 0.735. The van der Waals surface area contributed by atoms with Crippen LogP contribution in [0, 0.1) is 0 Å². The van der Waals surface area contributed by atoms with Gasteiger partial charge >= 0.3 is 6.03 Å². The Bertz CT molecular complexity index is 545. The molecule has 9 heteroatoms. The Morgan fingerprint density at radius 3 is 2.74 bits per heavy atom. The van der Waals surface area contributed by atoms with E-state index in [1.807, 2.05) is 11.8 Å². The Kier molecular flexibility index (Phi) is 5.95. The Balaban J connectivity index is 1.82. The monoisotopic (exact) mass is 322 g/mol. The summed E-state index contributed by atoms with van der Waals surface area (Å²) in [5.74, 6) is 1.16. The minimum Gasteiger partial charge on any atom is -0.478 e. The first-order chi connectivity index (χ1) is 11.1. The topological polar surface area (TPSA) is 114 Å². The molecular formula is C14H22N6O3. The van der Waals surface area contributed by atoms with E-state index in [2.05, 4.69) is 15.3 Å². The molecule has 0 aliphatic carbocycles. The summed E-state index contributed by atoms with van der Waals surface area (Å²) in [4.78, 5) is 35.0. The van der Waals surface area contributed by atoms with Gasteiger partial charge in [-0.25, -0.2) is 9.78 Å². The molecule has 9 nitrogen and oxygen atoms in total. The minimum absolute atomic E-state index is 0.00221. The Morgan fingerprint density at radius 1 is 1.35 bits per heavy atom. The number of carbonyl (C=O) groups excluding carboxylic acids is 2. The highest BCUT2D eigenvalue weighted by atomic mass is 16.5. The Labute approximate surface area is 134 Å². The predicted octanol–water partition coefficient (Wildman–Crippen LogP) is -0.418. The molecule has 0 radical (unpaired) electrons. The average Bonchev–Trinajstić information content (AvgIpc) is 2.55. The number of carbonyl (C=O) groups is 2. The maximum atomic E-state index is 12.0. The van der Waals surface area contributed by atoms with Crippen molar-refractivity contribution < 1.29 is 14.3 Å². The number of amides is 3. The summed E-state index contributed by atoms with van der Waals surface area (Å²) in [6.07, 6.45) is 1.92. The summed E-state index contributed by atoms with van der Waals surface area (Å²) in [6.45, 7) is 5.22. The van der Waals surface area contributed by atoms with Gasteiger partial charge in [0.15, 0.2) is 0 Å². The number of hydrogen-bond donors (Lipinski definition) is 2. The molecule has 2 heterocycles. The molecule has 3 amide bonds. The fourth-order valence-corrected chi connectivity index (χ4v) is 2.32. The number of nitrogens with two attached hydrogens (primary N) is 1. The largest absolute Gasteiger partial charge is 0.478 e. The molecule has 1 fully saturated rings. The van der Waals surface area contributed by atoms with Gasteiger partial charge in [0.2, 0.25) is 17.7 Å². The molecule has 2 rings (SSSR count). The van der Waals surface area contributed by atoms with Gasteiger partial charge in [0.05, 0.1) is 6.61 Å². The van der Waals surface area contributed by atoms with Gasteiger partial charge in [-0.05, 0) is 6.92 Å². The molecular weight excluding hydrogens is 300 g/mol. The van der Waals surface area contributed by atoms with Crippen molar-refractivity contribution in [3.63, 3.8) is 0 Å². The lowest BCUT2D eigenvalue weighted by Gasteiger charge is -2.34. The SMILES string of the molecule is CCOc1ccnc(N2CCN(C(=O)CCNC(N)=O)CC2)n1. The van der Waals surface area contributed by atoms with Crippen LogP contribution in [0.25, 0.3) is 0 Å². The molecule has 0 unspecified atom stereocenters. The van der Waals surface area contributed by atoms with Crippen molar-refractivity contribution in [2.45, 2.75) is 13.3 Å². The Hall–Kier alpha value is -2.58. The van der Waals surface area contributed by atoms with Crippen LogP contribution in [0.4, 0.5) is 10.7 Å². The molecule has 1 aliphatic rings. The number of urea groups is 1. The normalized spacial score (nSPS) is 14.5. The zero-order chi connectivity index (χ0) is 16.7. The van der Waals surface area contributed by atoms with Gasteiger partial charge in [-0.15, -0.1) is 0 Å². The van der Waals surface area contributed by atoms with Crippen LogP contribution in [-0.4, -0.2) is 66.1 Å². The number of nitrogens with one attached hydrogen (secondary N) is 1. The zero-order valence-electron chi connectivity index (χ0n) is 13.2. The number of nitrogens with zero attached hydrogens (tertiary/aromatic N) is 4. The number of aromatic nitrogens is 2. The first kappa shape index (κ1) is 16.8. The maximum absolute atomic E-state index is 12.0. The van der Waals surface area contributed by atoms with Gasteiger partial charge in [0.25, 0.3) is 0 Å². The lowest BCUT2D eigenvalue weighted by Crippen LogP contribution is -2.49. The van der Waals surface area contributed by atoms with Gasteiger partial charge in [-0.1, -0.05) is 0 Å². The summed E-state index contributed by atoms with van der Waals surface area (Å²) in [6, 6.07) is 1.10. The molecule has 0 spiro atoms. The van der Waals surface area contributed by atoms with Crippen LogP contribution in [0.2, 0.25) is 0 Å². The second-order valence-corrected chi connectivity index (χ2v) is 5.04. The van der Waals surface area contributed by atoms with Crippen LogP contribution in [0.3, 0.4) is 0 Å². The van der Waals surface area contributed by atoms with Gasteiger partial charge in [0, 0.05) is 51.4 Å². The molecule has 23 heavy (non-hydrogen) atoms. The van der Waals surface area contributed by atoms with E-state index in [0.717, 1.165) is 0 Å². The van der Waals surface area contributed by atoms with Crippen molar-refractivity contribution in [2.24, 2.45) is 5.73 Å². The lowest BCUT2D eigenvalue weighted by atomic mass is 10.3. The number of ether oxygens (including phenoxy) is 1. The molecule has 1 aromatic heterocycles. The number of piperazine rings is 1. The van der Waals surface area contributed by atoms with E-state index in [-0.39, 0.29) is 18.9 Å². The van der Waals surface area contributed by atoms with Gasteiger partial charge < -0.3 is 25.6 Å². The van der Waals surface area contributed by atoms with Crippen LogP contribution in [0.15, 0.2) is 12.3 Å². The fourth-order valence-electron chi connectivity index (χ4n) is 2.32. The van der Waals surface area contributed by atoms with E-state index in [1.165, 1.54) is 0 Å². The molecule has 3 N–H and O–H groups in total. The van der Waals surface area contributed by atoms with Crippen LogP contribution < -0.4 is 20.7 Å². The maximum Gasteiger partial charge on any atom is 0.312 e. The summed E-state index contributed by atoms with van der Waals surface area (Å²) in [7, 11) is 0. The van der Waals surface area contributed by atoms with Crippen molar-refractivity contribution >= 4 is 17.9 Å². The number of anilines is 1. The second-order valence-electron chi connectivity index (χ2n) is 5.04. The summed E-state index contributed by atoms with van der Waals surface area (Å²) in [5, 5.41) is 2.42. The van der Waals surface area contributed by atoms with E-state index < -0.39 is 6.03 Å². The summed E-state index contributed by atoms with van der Waals surface area (Å²) < 4.78 is 5.37. The van der Waals surface area contributed by atoms with E-state index >= 15 is 0 Å². The highest BCUT2D eigenvalue weighted by molar-refractivity contribution is 5.78. The van der Waals surface area contributed by atoms with Crippen molar-refractivity contribution in [1.29, 1.82) is 0 Å². The van der Waals surface area contributed by atoms with Crippen molar-refractivity contribution in [1.82, 2.24) is 20.2 Å². The highest BCUT2D eigenvalue weighted by Gasteiger charge is 2.22. The van der Waals surface area contributed by atoms with Crippen LogP contribution in [0.5, 0.6) is 5.88 Å². The van der Waals surface area contributed by atoms with Gasteiger partial charge in [-0.3, -0.25) is 4.79 Å². The summed E-state index contributed by atoms with van der Waals surface area (Å²) in [5.41, 5.74) is 4.97. The molecule has 0 atom stereocenters. The number of primary amides is 1. The third-order valence-corrected chi connectivity index (χ3v) is 3.46. The van der Waals surface area contributed by atoms with E-state index in [9.17, 15) is 9.59 Å². The molecule has 0 saturated carbocycles. The van der Waals surface area contributed by atoms with E-state index in [1.54, 1.807) is 17.2 Å². The molecule has 0 bridgehead atoms. The minimum atomic E-state index is -0.617. The molecule has 1 saturated heterocycles. The number of rotatable bonds is 6. The van der Waals surface area contributed by atoms with Crippen LogP contribution in [-0.2, 0) is 4.79 Å². The smallest absolute Gasteiger partial charge is 0.312 e. The molecule has 126 valence electrons. The van der Waals surface area contributed by atoms with E-state index in [4.69, 9.17) is 10.5 Å². The first-order valence-corrected chi connectivity index (χ1v) is 7.62. The molecule has 0 aromatic carbocycles. The van der Waals surface area contributed by atoms with Crippen molar-refractivity contribution in [2.75, 3.05) is 44.2 Å². The van der Waals surface area contributed by atoms with Crippen LogP contribution in [0.1, 0.15) is 13.3 Å². The lowest BCUT2D eigenvalue weighted by molar-refractivity contribution is -0.131. The average molecular weight is 322 g/mol. The molecule has 1 aromatic rings.